The van der Waals surface area contributed by atoms with Crippen LogP contribution in [0.15, 0.2) is 23.8 Å². The van der Waals surface area contributed by atoms with Gasteiger partial charge >= 0.3 is 0 Å². The molecular formula is C10H16S. The van der Waals surface area contributed by atoms with Crippen molar-refractivity contribution in [2.75, 3.05) is 6.26 Å². The summed E-state index contributed by atoms with van der Waals surface area (Å²) in [5.74, 6) is 0. The zero-order chi connectivity index (χ0) is 8.32. The molecule has 0 heterocycles. The maximum absolute atomic E-state index is 2.36. The smallest absolute Gasteiger partial charge is 0.0346 e. The van der Waals surface area contributed by atoms with E-state index in [2.05, 4.69) is 38.3 Å². The van der Waals surface area contributed by atoms with Crippen LogP contribution in [-0.4, -0.2) is 11.0 Å². The predicted octanol–water partition coefficient (Wildman–Crippen LogP) is 3.40. The van der Waals surface area contributed by atoms with Crippen LogP contribution in [-0.2, 0) is 0 Å². The standard InChI is InChI=1S/C10H16S/c1-10(2,11-3)9-7-5-4-6-8-9/h5,7-8H,4,6H2,1-3H3. The minimum absolute atomic E-state index is 0.302. The highest BCUT2D eigenvalue weighted by Gasteiger charge is 2.19. The molecule has 0 aliphatic heterocycles. The molecule has 0 amide bonds. The van der Waals surface area contributed by atoms with Crippen molar-refractivity contribution < 1.29 is 0 Å². The second-order valence-corrected chi connectivity index (χ2v) is 4.78. The van der Waals surface area contributed by atoms with Gasteiger partial charge in [0, 0.05) is 4.75 Å². The van der Waals surface area contributed by atoms with E-state index < -0.39 is 0 Å². The summed E-state index contributed by atoms with van der Waals surface area (Å²) in [4.78, 5) is 0. The molecule has 0 bridgehead atoms. The number of rotatable bonds is 2. The topological polar surface area (TPSA) is 0 Å². The van der Waals surface area contributed by atoms with E-state index in [9.17, 15) is 0 Å². The second-order valence-electron chi connectivity index (χ2n) is 3.35. The van der Waals surface area contributed by atoms with Crippen LogP contribution in [0.5, 0.6) is 0 Å². The van der Waals surface area contributed by atoms with E-state index in [1.807, 2.05) is 11.8 Å². The van der Waals surface area contributed by atoms with E-state index in [4.69, 9.17) is 0 Å². The molecular weight excluding hydrogens is 152 g/mol. The lowest BCUT2D eigenvalue weighted by atomic mass is 9.96. The van der Waals surface area contributed by atoms with Crippen molar-refractivity contribution in [3.8, 4) is 0 Å². The molecule has 0 saturated heterocycles. The third-order valence-electron chi connectivity index (χ3n) is 2.20. The number of hydrogen-bond donors (Lipinski definition) is 0. The van der Waals surface area contributed by atoms with Gasteiger partial charge in [-0.1, -0.05) is 18.2 Å². The quantitative estimate of drug-likeness (QED) is 0.609. The first-order chi connectivity index (χ1) is 5.17. The molecule has 0 saturated carbocycles. The third-order valence-corrected chi connectivity index (χ3v) is 3.46. The maximum atomic E-state index is 2.36. The minimum Gasteiger partial charge on any atom is -0.154 e. The van der Waals surface area contributed by atoms with Crippen molar-refractivity contribution in [1.82, 2.24) is 0 Å². The lowest BCUT2D eigenvalue weighted by Gasteiger charge is -2.25. The van der Waals surface area contributed by atoms with Gasteiger partial charge in [-0.3, -0.25) is 0 Å². The molecule has 1 heteroatoms. The summed E-state index contributed by atoms with van der Waals surface area (Å²) in [6, 6.07) is 0. The Hall–Kier alpha value is -0.170. The Bertz CT molecular complexity index is 187. The van der Waals surface area contributed by atoms with Crippen LogP contribution in [0.1, 0.15) is 26.7 Å². The Morgan fingerprint density at radius 3 is 2.55 bits per heavy atom. The van der Waals surface area contributed by atoms with Gasteiger partial charge in [0.15, 0.2) is 0 Å². The average molecular weight is 168 g/mol. The van der Waals surface area contributed by atoms with Gasteiger partial charge in [-0.15, -0.1) is 0 Å². The molecule has 0 nitrogen and oxygen atoms in total. The zero-order valence-electron chi connectivity index (χ0n) is 7.55. The molecule has 1 aliphatic rings. The lowest BCUT2D eigenvalue weighted by molar-refractivity contribution is 0.834. The van der Waals surface area contributed by atoms with E-state index in [1.165, 1.54) is 18.4 Å². The van der Waals surface area contributed by atoms with Crippen molar-refractivity contribution in [1.29, 1.82) is 0 Å². The van der Waals surface area contributed by atoms with Gasteiger partial charge in [-0.05, 0) is 38.5 Å². The van der Waals surface area contributed by atoms with E-state index >= 15 is 0 Å². The second kappa shape index (κ2) is 3.48. The molecule has 0 atom stereocenters. The molecule has 0 aromatic rings. The van der Waals surface area contributed by atoms with Crippen LogP contribution in [0, 0.1) is 0 Å². The van der Waals surface area contributed by atoms with Crippen molar-refractivity contribution in [2.24, 2.45) is 0 Å². The Morgan fingerprint density at radius 2 is 2.09 bits per heavy atom. The van der Waals surface area contributed by atoms with Crippen molar-refractivity contribution >= 4 is 11.8 Å². The predicted molar refractivity (Wildman–Crippen MR) is 54.1 cm³/mol. The molecule has 1 rings (SSSR count). The van der Waals surface area contributed by atoms with Gasteiger partial charge in [0.05, 0.1) is 0 Å². The van der Waals surface area contributed by atoms with Gasteiger partial charge in [0.1, 0.15) is 0 Å². The van der Waals surface area contributed by atoms with Crippen LogP contribution in [0.2, 0.25) is 0 Å². The molecule has 0 N–H and O–H groups in total. The van der Waals surface area contributed by atoms with E-state index in [-0.39, 0.29) is 0 Å². The summed E-state index contributed by atoms with van der Waals surface area (Å²) in [7, 11) is 0. The summed E-state index contributed by atoms with van der Waals surface area (Å²) in [5, 5.41) is 0. The Kier molecular flexibility index (Phi) is 2.83. The highest BCUT2D eigenvalue weighted by Crippen LogP contribution is 2.32. The van der Waals surface area contributed by atoms with Crippen LogP contribution in [0.4, 0.5) is 0 Å². The van der Waals surface area contributed by atoms with Gasteiger partial charge in [0.2, 0.25) is 0 Å². The fourth-order valence-corrected chi connectivity index (χ4v) is 1.56. The van der Waals surface area contributed by atoms with Gasteiger partial charge in [0.25, 0.3) is 0 Å². The fourth-order valence-electron chi connectivity index (χ4n) is 1.18. The summed E-state index contributed by atoms with van der Waals surface area (Å²) in [6.45, 7) is 4.55. The van der Waals surface area contributed by atoms with Gasteiger partial charge < -0.3 is 0 Å². The highest BCUT2D eigenvalue weighted by atomic mass is 32.2. The van der Waals surface area contributed by atoms with Crippen molar-refractivity contribution in [2.45, 2.75) is 31.4 Å². The van der Waals surface area contributed by atoms with Crippen LogP contribution in [0.3, 0.4) is 0 Å². The molecule has 1 aliphatic carbocycles. The zero-order valence-corrected chi connectivity index (χ0v) is 8.37. The average Bonchev–Trinajstić information content (AvgIpc) is 2.06. The molecule has 0 aromatic heterocycles. The monoisotopic (exact) mass is 168 g/mol. The van der Waals surface area contributed by atoms with Crippen molar-refractivity contribution in [3.63, 3.8) is 0 Å². The highest BCUT2D eigenvalue weighted by molar-refractivity contribution is 8.00. The van der Waals surface area contributed by atoms with Crippen molar-refractivity contribution in [3.05, 3.63) is 23.8 Å². The lowest BCUT2D eigenvalue weighted by Crippen LogP contribution is -2.17. The molecule has 0 unspecified atom stereocenters. The first-order valence-electron chi connectivity index (χ1n) is 4.09. The van der Waals surface area contributed by atoms with Crippen LogP contribution in [0.25, 0.3) is 0 Å². The molecule has 0 fully saturated rings. The summed E-state index contributed by atoms with van der Waals surface area (Å²) in [5.41, 5.74) is 1.48. The van der Waals surface area contributed by atoms with Gasteiger partial charge in [-0.2, -0.15) is 11.8 Å². The fraction of sp³-hybridized carbons (Fsp3) is 0.600. The molecule has 11 heavy (non-hydrogen) atoms. The summed E-state index contributed by atoms with van der Waals surface area (Å²) < 4.78 is 0.302. The third kappa shape index (κ3) is 2.13. The first kappa shape index (κ1) is 8.92. The maximum Gasteiger partial charge on any atom is 0.0346 e. The Morgan fingerprint density at radius 1 is 1.36 bits per heavy atom. The number of allylic oxidation sites excluding steroid dienone is 3. The molecule has 0 spiro atoms. The Labute approximate surface area is 73.8 Å². The summed E-state index contributed by atoms with van der Waals surface area (Å²) in [6.07, 6.45) is 11.5. The first-order valence-corrected chi connectivity index (χ1v) is 5.31. The van der Waals surface area contributed by atoms with E-state index in [1.54, 1.807) is 0 Å². The number of thioether (sulfide) groups is 1. The van der Waals surface area contributed by atoms with Crippen LogP contribution >= 0.6 is 11.8 Å². The molecule has 0 radical (unpaired) electrons. The van der Waals surface area contributed by atoms with Crippen LogP contribution < -0.4 is 0 Å². The SMILES string of the molecule is CSC(C)(C)C1=CCCC=C1. The normalized spacial score (nSPS) is 18.3. The van der Waals surface area contributed by atoms with Gasteiger partial charge in [-0.25, -0.2) is 0 Å². The minimum atomic E-state index is 0.302. The van der Waals surface area contributed by atoms with E-state index in [0.717, 1.165) is 0 Å². The van der Waals surface area contributed by atoms with E-state index in [0.29, 0.717) is 4.75 Å². The summed E-state index contributed by atoms with van der Waals surface area (Å²) >= 11 is 1.91. The largest absolute Gasteiger partial charge is 0.154 e. The molecule has 0 aromatic carbocycles. The molecule has 62 valence electrons. The Balaban J connectivity index is 2.73. The number of hydrogen-bond acceptors (Lipinski definition) is 1.